The third kappa shape index (κ3) is 5.44. The Morgan fingerprint density at radius 3 is 2.60 bits per heavy atom. The van der Waals surface area contributed by atoms with Crippen LogP contribution in [0, 0.1) is 0 Å². The minimum absolute atomic E-state index is 0.356. The molecule has 0 bridgehead atoms. The second-order valence-corrected chi connectivity index (χ2v) is 9.97. The van der Waals surface area contributed by atoms with Crippen LogP contribution in [-0.2, 0) is 22.5 Å². The fourth-order valence-corrected chi connectivity index (χ4v) is 2.82. The van der Waals surface area contributed by atoms with Gasteiger partial charge in [-0.25, -0.2) is 9.78 Å². The Hall–Kier alpha value is -1.60. The molecule has 0 spiro atoms. The molecule has 25 heavy (non-hydrogen) atoms. The Morgan fingerprint density at radius 1 is 1.32 bits per heavy atom. The molecule has 7 heteroatoms. The van der Waals surface area contributed by atoms with Crippen LogP contribution in [-0.4, -0.2) is 38.7 Å². The van der Waals surface area contributed by atoms with Gasteiger partial charge in [0.1, 0.15) is 27.9 Å². The zero-order valence-corrected chi connectivity index (χ0v) is 16.6. The van der Waals surface area contributed by atoms with Crippen LogP contribution >= 0.6 is 0 Å². The second kappa shape index (κ2) is 7.33. The van der Waals surface area contributed by atoms with E-state index in [1.807, 2.05) is 47.6 Å². The van der Waals surface area contributed by atoms with E-state index in [9.17, 15) is 9.35 Å². The van der Waals surface area contributed by atoms with Crippen LogP contribution in [0.5, 0.6) is 0 Å². The third-order valence-electron chi connectivity index (χ3n) is 3.48. The number of hydrogen-bond acceptors (Lipinski definition) is 5. The van der Waals surface area contributed by atoms with E-state index >= 15 is 0 Å². The summed E-state index contributed by atoms with van der Waals surface area (Å²) >= 11 is -1.32. The molecule has 0 radical (unpaired) electrons. The quantitative estimate of drug-likeness (QED) is 0.592. The molecule has 0 unspecified atom stereocenters. The molecule has 0 N–H and O–H groups in total. The number of amides is 1. The van der Waals surface area contributed by atoms with Gasteiger partial charge in [-0.2, -0.15) is 0 Å². The van der Waals surface area contributed by atoms with Crippen LogP contribution in [0.3, 0.4) is 0 Å². The molecule has 1 amide bonds. The molecule has 1 aromatic heterocycles. The first kappa shape index (κ1) is 19.7. The molecule has 0 aliphatic carbocycles. The first-order chi connectivity index (χ1) is 11.5. The fourth-order valence-electron chi connectivity index (χ4n) is 2.30. The van der Waals surface area contributed by atoms with Crippen LogP contribution in [0.4, 0.5) is 10.5 Å². The van der Waals surface area contributed by atoms with Gasteiger partial charge >= 0.3 is 6.09 Å². The second-order valence-electron chi connectivity index (χ2n) is 8.03. The summed E-state index contributed by atoms with van der Waals surface area (Å²) in [6.07, 6.45) is 2.80. The lowest BCUT2D eigenvalue weighted by atomic mass is 10.1. The molecule has 1 atom stereocenters. The zero-order valence-electron chi connectivity index (χ0n) is 15.8. The van der Waals surface area contributed by atoms with Crippen molar-refractivity contribution in [2.75, 3.05) is 11.4 Å². The highest BCUT2D eigenvalue weighted by molar-refractivity contribution is 7.91. The predicted octanol–water partition coefficient (Wildman–Crippen LogP) is 3.65. The van der Waals surface area contributed by atoms with Crippen molar-refractivity contribution < 1.29 is 14.1 Å². The molecular weight excluding hydrogens is 338 g/mol. The van der Waals surface area contributed by atoms with Gasteiger partial charge in [-0.3, -0.25) is 4.90 Å². The van der Waals surface area contributed by atoms with E-state index in [4.69, 9.17) is 4.74 Å². The topological polar surface area (TPSA) is 77.8 Å². The Kier molecular flexibility index (Phi) is 5.79. The number of carbonyl (C=O) groups excluding carboxylic acids is 1. The van der Waals surface area contributed by atoms with Crippen LogP contribution in [0.2, 0.25) is 0 Å². The maximum atomic E-state index is 12.4. The zero-order chi connectivity index (χ0) is 18.8. The molecule has 0 saturated carbocycles. The number of aromatic nitrogens is 1. The minimum Gasteiger partial charge on any atom is -0.591 e. The van der Waals surface area contributed by atoms with Gasteiger partial charge in [-0.1, -0.05) is 4.40 Å². The Balaban J connectivity index is 2.20. The number of ether oxygens (including phenoxy) is 1. The molecule has 0 aromatic carbocycles. The highest BCUT2D eigenvalue weighted by Crippen LogP contribution is 2.27. The number of carbonyl (C=O) groups is 1. The van der Waals surface area contributed by atoms with Crippen LogP contribution < -0.4 is 4.90 Å². The predicted molar refractivity (Wildman–Crippen MR) is 102 cm³/mol. The van der Waals surface area contributed by atoms with E-state index < -0.39 is 21.7 Å². The SMILES string of the molecule is CC(C)(C)OC(=O)N1CCCc2nc(/C=N/[S@+]([O-])C(C)(C)C)ccc21. The molecule has 6 nitrogen and oxygen atoms in total. The lowest BCUT2D eigenvalue weighted by Gasteiger charge is -2.31. The summed E-state index contributed by atoms with van der Waals surface area (Å²) in [7, 11) is 0. The van der Waals surface area contributed by atoms with Gasteiger partial charge in [-0.15, -0.1) is 0 Å². The summed E-state index contributed by atoms with van der Waals surface area (Å²) in [6, 6.07) is 3.64. The van der Waals surface area contributed by atoms with Crippen molar-refractivity contribution in [2.45, 2.75) is 64.7 Å². The lowest BCUT2D eigenvalue weighted by molar-refractivity contribution is 0.0577. The van der Waals surface area contributed by atoms with Gasteiger partial charge in [0, 0.05) is 6.54 Å². The van der Waals surface area contributed by atoms with Gasteiger partial charge in [0.15, 0.2) is 0 Å². The highest BCUT2D eigenvalue weighted by atomic mass is 32.2. The fraction of sp³-hybridized carbons (Fsp3) is 0.611. The normalized spacial score (nSPS) is 16.7. The summed E-state index contributed by atoms with van der Waals surface area (Å²) in [5, 5.41) is 0. The number of anilines is 1. The van der Waals surface area contributed by atoms with E-state index in [0.29, 0.717) is 12.2 Å². The van der Waals surface area contributed by atoms with Gasteiger partial charge in [0.25, 0.3) is 0 Å². The number of fused-ring (bicyclic) bond motifs is 1. The monoisotopic (exact) mass is 365 g/mol. The number of rotatable bonds is 2. The summed E-state index contributed by atoms with van der Waals surface area (Å²) in [6.45, 7) is 11.8. The number of hydrogen-bond donors (Lipinski definition) is 0. The number of aryl methyl sites for hydroxylation is 1. The minimum atomic E-state index is -1.32. The van der Waals surface area contributed by atoms with E-state index in [1.54, 1.807) is 11.0 Å². The average Bonchev–Trinajstić information content (AvgIpc) is 2.49. The van der Waals surface area contributed by atoms with Crippen molar-refractivity contribution >= 4 is 29.4 Å². The Morgan fingerprint density at radius 2 is 2.00 bits per heavy atom. The van der Waals surface area contributed by atoms with Crippen LogP contribution in [0.25, 0.3) is 0 Å². The third-order valence-corrected chi connectivity index (χ3v) is 4.82. The van der Waals surface area contributed by atoms with E-state index in [-0.39, 0.29) is 6.09 Å². The molecule has 0 saturated heterocycles. The maximum Gasteiger partial charge on any atom is 0.414 e. The highest BCUT2D eigenvalue weighted by Gasteiger charge is 2.28. The van der Waals surface area contributed by atoms with Crippen LogP contribution in [0.15, 0.2) is 16.5 Å². The number of nitrogens with zero attached hydrogens (tertiary/aromatic N) is 3. The largest absolute Gasteiger partial charge is 0.591 e. The van der Waals surface area contributed by atoms with Gasteiger partial charge in [0.05, 0.1) is 17.1 Å². The summed E-state index contributed by atoms with van der Waals surface area (Å²) in [4.78, 5) is 18.6. The average molecular weight is 365 g/mol. The van der Waals surface area contributed by atoms with Gasteiger partial charge in [-0.05, 0) is 66.5 Å². The maximum absolute atomic E-state index is 12.4. The van der Waals surface area contributed by atoms with E-state index in [1.165, 1.54) is 6.21 Å². The molecule has 1 aliphatic rings. The smallest absolute Gasteiger partial charge is 0.414 e. The molecule has 1 aromatic rings. The van der Waals surface area contributed by atoms with E-state index in [0.717, 1.165) is 24.2 Å². The molecule has 2 heterocycles. The Labute approximate surface area is 153 Å². The Bertz CT molecular complexity index is 663. The van der Waals surface area contributed by atoms with Gasteiger partial charge in [0.2, 0.25) is 0 Å². The lowest BCUT2D eigenvalue weighted by Crippen LogP contribution is -2.40. The molecule has 138 valence electrons. The van der Waals surface area contributed by atoms with Crippen molar-refractivity contribution in [3.05, 3.63) is 23.5 Å². The first-order valence-corrected chi connectivity index (χ1v) is 9.54. The molecule has 1 aliphatic heterocycles. The van der Waals surface area contributed by atoms with Crippen molar-refractivity contribution in [1.82, 2.24) is 4.98 Å². The van der Waals surface area contributed by atoms with Crippen LogP contribution in [0.1, 0.15) is 59.4 Å². The van der Waals surface area contributed by atoms with E-state index in [2.05, 4.69) is 9.38 Å². The summed E-state index contributed by atoms with van der Waals surface area (Å²) in [5.74, 6) is 0. The molecular formula is C18H27N3O3S. The summed E-state index contributed by atoms with van der Waals surface area (Å²) < 4.78 is 21.2. The van der Waals surface area contributed by atoms with Crippen molar-refractivity contribution in [2.24, 2.45) is 4.40 Å². The van der Waals surface area contributed by atoms with Gasteiger partial charge < -0.3 is 9.29 Å². The van der Waals surface area contributed by atoms with Crippen molar-refractivity contribution in [1.29, 1.82) is 0 Å². The first-order valence-electron chi connectivity index (χ1n) is 8.44. The molecule has 0 fully saturated rings. The number of pyridine rings is 1. The van der Waals surface area contributed by atoms with Crippen molar-refractivity contribution in [3.8, 4) is 0 Å². The molecule has 2 rings (SSSR count). The standard InChI is InChI=1S/C18H27N3O3S/c1-17(2,3)24-16(22)21-11-7-8-14-15(21)10-9-13(20-14)12-19-25(23)18(4,5)6/h9-10,12H,7-8,11H2,1-6H3/b19-12+/t25-/m1/s1. The van der Waals surface area contributed by atoms with Crippen molar-refractivity contribution in [3.63, 3.8) is 0 Å². The summed E-state index contributed by atoms with van der Waals surface area (Å²) in [5.41, 5.74) is 1.71.